The van der Waals surface area contributed by atoms with Crippen molar-refractivity contribution >= 4 is 5.91 Å². The van der Waals surface area contributed by atoms with E-state index in [0.29, 0.717) is 6.42 Å². The molecule has 0 aliphatic rings. The Labute approximate surface area is 312 Å². The second kappa shape index (κ2) is 40.9. The predicted octanol–water partition coefficient (Wildman–Crippen LogP) is 12.8. The molecule has 5 nitrogen and oxygen atoms in total. The van der Waals surface area contributed by atoms with Gasteiger partial charge >= 0.3 is 0 Å². The van der Waals surface area contributed by atoms with Crippen molar-refractivity contribution in [2.24, 2.45) is 0 Å². The standard InChI is InChI=1S/C45H89NO4/c1-3-5-7-9-11-13-15-16-17-18-19-20-21-22-23-24-25-26-27-28-30-32-34-36-38-40-44(49)45(50)46-42(41-47)43(48)39-37-35-33-31-29-14-12-10-8-6-4-2/h37,39,42-44,47-49H,3-36,38,40-41H2,1-2H3,(H,46,50)/b39-37+. The number of nitrogens with one attached hydrogen (secondary N) is 1. The lowest BCUT2D eigenvalue weighted by molar-refractivity contribution is -0.131. The van der Waals surface area contributed by atoms with Gasteiger partial charge in [-0.05, 0) is 19.3 Å². The first kappa shape index (κ1) is 49.1. The normalized spacial score (nSPS) is 13.6. The van der Waals surface area contributed by atoms with Gasteiger partial charge in [0.2, 0.25) is 5.91 Å². The molecule has 0 heterocycles. The first-order valence-electron chi connectivity index (χ1n) is 22.5. The minimum atomic E-state index is -1.09. The summed E-state index contributed by atoms with van der Waals surface area (Å²) in [6.45, 7) is 4.18. The van der Waals surface area contributed by atoms with Crippen molar-refractivity contribution in [3.05, 3.63) is 12.2 Å². The molecule has 0 fully saturated rings. The van der Waals surface area contributed by atoms with E-state index in [0.717, 1.165) is 32.1 Å². The molecule has 0 bridgehead atoms. The average molecular weight is 708 g/mol. The molecule has 0 aliphatic carbocycles. The van der Waals surface area contributed by atoms with E-state index >= 15 is 0 Å². The molecule has 0 rings (SSSR count). The van der Waals surface area contributed by atoms with Crippen molar-refractivity contribution in [2.75, 3.05) is 6.61 Å². The number of hydrogen-bond donors (Lipinski definition) is 4. The van der Waals surface area contributed by atoms with Crippen LogP contribution >= 0.6 is 0 Å². The molecule has 3 atom stereocenters. The Kier molecular flexibility index (Phi) is 40.1. The van der Waals surface area contributed by atoms with Crippen molar-refractivity contribution in [2.45, 2.75) is 263 Å². The fraction of sp³-hybridized carbons (Fsp3) is 0.933. The highest BCUT2D eigenvalue weighted by atomic mass is 16.3. The van der Waals surface area contributed by atoms with Crippen LogP contribution < -0.4 is 5.32 Å². The molecule has 0 aromatic rings. The third-order valence-electron chi connectivity index (χ3n) is 10.6. The van der Waals surface area contributed by atoms with Crippen LogP contribution in [-0.4, -0.2) is 46.1 Å². The molecule has 0 saturated carbocycles. The molecule has 0 aromatic heterocycles. The first-order chi connectivity index (χ1) is 24.6. The van der Waals surface area contributed by atoms with Crippen LogP contribution in [0.4, 0.5) is 0 Å². The Morgan fingerprint density at radius 1 is 0.480 bits per heavy atom. The molecular weight excluding hydrogens is 618 g/mol. The Balaban J connectivity index is 3.54. The number of carbonyl (C=O) groups excluding carboxylic acids is 1. The smallest absolute Gasteiger partial charge is 0.249 e. The maximum absolute atomic E-state index is 12.4. The number of unbranched alkanes of at least 4 members (excludes halogenated alkanes) is 33. The zero-order valence-corrected chi connectivity index (χ0v) is 33.8. The summed E-state index contributed by atoms with van der Waals surface area (Å²) in [4.78, 5) is 12.4. The van der Waals surface area contributed by atoms with Crippen molar-refractivity contribution in [3.63, 3.8) is 0 Å². The van der Waals surface area contributed by atoms with Crippen molar-refractivity contribution in [1.82, 2.24) is 5.32 Å². The molecule has 298 valence electrons. The van der Waals surface area contributed by atoms with Gasteiger partial charge in [-0.25, -0.2) is 0 Å². The van der Waals surface area contributed by atoms with Gasteiger partial charge in [0.25, 0.3) is 0 Å². The first-order valence-corrected chi connectivity index (χ1v) is 22.5. The van der Waals surface area contributed by atoms with Gasteiger partial charge in [-0.3, -0.25) is 4.79 Å². The topological polar surface area (TPSA) is 89.8 Å². The summed E-state index contributed by atoms with van der Waals surface area (Å²) in [6.07, 6.45) is 48.3. The van der Waals surface area contributed by atoms with Crippen LogP contribution in [0, 0.1) is 0 Å². The van der Waals surface area contributed by atoms with E-state index < -0.39 is 24.2 Å². The van der Waals surface area contributed by atoms with Crippen LogP contribution in [0.1, 0.15) is 245 Å². The Hall–Kier alpha value is -0.910. The molecule has 4 N–H and O–H groups in total. The summed E-state index contributed by atoms with van der Waals surface area (Å²) in [6, 6.07) is -0.791. The third-order valence-corrected chi connectivity index (χ3v) is 10.6. The minimum Gasteiger partial charge on any atom is -0.394 e. The summed E-state index contributed by atoms with van der Waals surface area (Å²) >= 11 is 0. The fourth-order valence-corrected chi connectivity index (χ4v) is 7.07. The fourth-order valence-electron chi connectivity index (χ4n) is 7.07. The van der Waals surface area contributed by atoms with Gasteiger partial charge in [0.1, 0.15) is 6.10 Å². The van der Waals surface area contributed by atoms with Gasteiger partial charge in [0.15, 0.2) is 0 Å². The van der Waals surface area contributed by atoms with Crippen LogP contribution in [0.15, 0.2) is 12.2 Å². The third kappa shape index (κ3) is 35.5. The molecule has 0 aliphatic heterocycles. The molecule has 3 unspecified atom stereocenters. The van der Waals surface area contributed by atoms with E-state index in [4.69, 9.17) is 0 Å². The second-order valence-electron chi connectivity index (χ2n) is 15.6. The van der Waals surface area contributed by atoms with Crippen LogP contribution in [0.5, 0.6) is 0 Å². The summed E-state index contributed by atoms with van der Waals surface area (Å²) < 4.78 is 0. The number of rotatable bonds is 41. The lowest BCUT2D eigenvalue weighted by Gasteiger charge is -2.21. The Morgan fingerprint density at radius 2 is 0.780 bits per heavy atom. The van der Waals surface area contributed by atoms with E-state index in [1.54, 1.807) is 6.08 Å². The highest BCUT2D eigenvalue weighted by Crippen LogP contribution is 2.17. The van der Waals surface area contributed by atoms with Gasteiger partial charge in [0.05, 0.1) is 18.8 Å². The van der Waals surface area contributed by atoms with Gasteiger partial charge in [-0.1, -0.05) is 238 Å². The molecule has 50 heavy (non-hydrogen) atoms. The number of allylic oxidation sites excluding steroid dienone is 1. The largest absolute Gasteiger partial charge is 0.394 e. The summed E-state index contributed by atoms with van der Waals surface area (Å²) in [5, 5.41) is 33.0. The molecule has 0 saturated heterocycles. The van der Waals surface area contributed by atoms with Gasteiger partial charge < -0.3 is 20.6 Å². The van der Waals surface area contributed by atoms with Crippen LogP contribution in [-0.2, 0) is 4.79 Å². The van der Waals surface area contributed by atoms with Crippen molar-refractivity contribution in [1.29, 1.82) is 0 Å². The summed E-state index contributed by atoms with van der Waals surface area (Å²) in [7, 11) is 0. The van der Waals surface area contributed by atoms with Gasteiger partial charge in [0, 0.05) is 0 Å². The highest BCUT2D eigenvalue weighted by Gasteiger charge is 2.22. The predicted molar refractivity (Wildman–Crippen MR) is 218 cm³/mol. The zero-order valence-electron chi connectivity index (χ0n) is 33.8. The molecular formula is C45H89NO4. The van der Waals surface area contributed by atoms with Crippen molar-refractivity contribution < 1.29 is 20.1 Å². The van der Waals surface area contributed by atoms with Gasteiger partial charge in [-0.15, -0.1) is 0 Å². The number of aliphatic hydroxyl groups excluding tert-OH is 3. The Bertz CT molecular complexity index is 699. The molecule has 1 amide bonds. The van der Waals surface area contributed by atoms with Crippen molar-refractivity contribution in [3.8, 4) is 0 Å². The number of aliphatic hydroxyl groups is 3. The zero-order chi connectivity index (χ0) is 36.6. The molecule has 0 aromatic carbocycles. The number of amides is 1. The van der Waals surface area contributed by atoms with E-state index in [1.807, 2.05) is 6.08 Å². The van der Waals surface area contributed by atoms with E-state index in [9.17, 15) is 20.1 Å². The average Bonchev–Trinajstić information content (AvgIpc) is 3.12. The molecule has 0 spiro atoms. The van der Waals surface area contributed by atoms with E-state index in [2.05, 4.69) is 19.2 Å². The van der Waals surface area contributed by atoms with Crippen LogP contribution in [0.3, 0.4) is 0 Å². The molecule has 0 radical (unpaired) electrons. The van der Waals surface area contributed by atoms with Crippen LogP contribution in [0.25, 0.3) is 0 Å². The summed E-state index contributed by atoms with van der Waals surface area (Å²) in [5.41, 5.74) is 0. The molecule has 5 heteroatoms. The second-order valence-corrected chi connectivity index (χ2v) is 15.6. The number of carbonyl (C=O) groups is 1. The highest BCUT2D eigenvalue weighted by molar-refractivity contribution is 5.80. The van der Waals surface area contributed by atoms with E-state index in [1.165, 1.54) is 193 Å². The van der Waals surface area contributed by atoms with Crippen LogP contribution in [0.2, 0.25) is 0 Å². The monoisotopic (exact) mass is 708 g/mol. The van der Waals surface area contributed by atoms with Gasteiger partial charge in [-0.2, -0.15) is 0 Å². The minimum absolute atomic E-state index is 0.360. The van der Waals surface area contributed by atoms with E-state index in [-0.39, 0.29) is 6.61 Å². The SMILES string of the molecule is CCCCCCCCCCC/C=C/C(O)C(CO)NC(=O)C(O)CCCCCCCCCCCCCCCCCCCCCCCCCCC. The lowest BCUT2D eigenvalue weighted by atomic mass is 10.0. The maximum atomic E-state index is 12.4. The quantitative estimate of drug-likeness (QED) is 0.0376. The number of hydrogen-bond acceptors (Lipinski definition) is 4. The Morgan fingerprint density at radius 3 is 1.10 bits per heavy atom. The maximum Gasteiger partial charge on any atom is 0.249 e. The summed E-state index contributed by atoms with van der Waals surface area (Å²) in [5.74, 6) is -0.500. The lowest BCUT2D eigenvalue weighted by Crippen LogP contribution is -2.48.